The number of carbonyl (C=O) groups excluding carboxylic acids is 1. The van der Waals surface area contributed by atoms with Crippen molar-refractivity contribution in [2.75, 3.05) is 0 Å². The Morgan fingerprint density at radius 3 is 2.00 bits per heavy atom. The average molecular weight is 158 g/mol. The Balaban J connectivity index is 2.79. The third-order valence-electron chi connectivity index (χ3n) is 1.73. The highest BCUT2D eigenvalue weighted by Crippen LogP contribution is 2.34. The van der Waals surface area contributed by atoms with E-state index in [0.29, 0.717) is 0 Å². The molecule has 1 rings (SSSR count). The molecular formula is C8H14O3. The van der Waals surface area contributed by atoms with E-state index in [4.69, 9.17) is 9.47 Å². The molecule has 0 aliphatic carbocycles. The summed E-state index contributed by atoms with van der Waals surface area (Å²) >= 11 is 0. The molecule has 0 bridgehead atoms. The fraction of sp³-hybridized carbons (Fsp3) is 0.875. The van der Waals surface area contributed by atoms with Crippen molar-refractivity contribution in [2.24, 2.45) is 0 Å². The molecule has 1 atom stereocenters. The zero-order valence-corrected chi connectivity index (χ0v) is 7.38. The number of aldehydes is 1. The summed E-state index contributed by atoms with van der Waals surface area (Å²) in [5, 5.41) is 0. The minimum absolute atomic E-state index is 0.447. The van der Waals surface area contributed by atoms with Gasteiger partial charge in [-0.1, -0.05) is 0 Å². The van der Waals surface area contributed by atoms with Gasteiger partial charge in [0.15, 0.2) is 12.1 Å². The maximum absolute atomic E-state index is 10.5. The molecule has 0 radical (unpaired) electrons. The van der Waals surface area contributed by atoms with Crippen molar-refractivity contribution in [2.45, 2.75) is 45.2 Å². The van der Waals surface area contributed by atoms with E-state index in [0.717, 1.165) is 6.29 Å². The quantitative estimate of drug-likeness (QED) is 0.536. The molecule has 0 spiro atoms. The zero-order chi connectivity index (χ0) is 8.70. The van der Waals surface area contributed by atoms with Gasteiger partial charge in [0, 0.05) is 0 Å². The van der Waals surface area contributed by atoms with Crippen LogP contribution in [-0.4, -0.2) is 23.8 Å². The molecule has 1 aliphatic heterocycles. The Morgan fingerprint density at radius 1 is 1.27 bits per heavy atom. The number of hydrogen-bond acceptors (Lipinski definition) is 3. The molecular weight excluding hydrogens is 144 g/mol. The Kier molecular flexibility index (Phi) is 1.81. The molecule has 0 aromatic carbocycles. The number of ether oxygens (including phenoxy) is 2. The first-order valence-electron chi connectivity index (χ1n) is 3.71. The molecule has 0 aromatic rings. The first kappa shape index (κ1) is 8.68. The summed E-state index contributed by atoms with van der Waals surface area (Å²) in [6.07, 6.45) is 0.340. The highest BCUT2D eigenvalue weighted by atomic mass is 16.8. The third-order valence-corrected chi connectivity index (χ3v) is 1.73. The predicted molar refractivity (Wildman–Crippen MR) is 40.2 cm³/mol. The van der Waals surface area contributed by atoms with Gasteiger partial charge < -0.3 is 14.3 Å². The largest absolute Gasteiger partial charge is 0.341 e. The van der Waals surface area contributed by atoms with E-state index < -0.39 is 17.5 Å². The summed E-state index contributed by atoms with van der Waals surface area (Å²) < 4.78 is 10.8. The van der Waals surface area contributed by atoms with E-state index >= 15 is 0 Å². The molecule has 1 fully saturated rings. The van der Waals surface area contributed by atoms with Crippen LogP contribution in [0.3, 0.4) is 0 Å². The summed E-state index contributed by atoms with van der Waals surface area (Å²) in [6, 6.07) is 0. The van der Waals surface area contributed by atoms with Crippen molar-refractivity contribution < 1.29 is 14.3 Å². The van der Waals surface area contributed by atoms with Crippen LogP contribution in [0.5, 0.6) is 0 Å². The van der Waals surface area contributed by atoms with Crippen molar-refractivity contribution in [3.05, 3.63) is 0 Å². The van der Waals surface area contributed by atoms with E-state index in [1.165, 1.54) is 0 Å². The Bertz CT molecular complexity index is 172. The molecule has 3 nitrogen and oxygen atoms in total. The highest BCUT2D eigenvalue weighted by molar-refractivity contribution is 5.58. The van der Waals surface area contributed by atoms with Gasteiger partial charge in [0.05, 0.1) is 5.60 Å². The van der Waals surface area contributed by atoms with Crippen LogP contribution in [-0.2, 0) is 14.3 Å². The first-order valence-corrected chi connectivity index (χ1v) is 3.71. The van der Waals surface area contributed by atoms with Gasteiger partial charge >= 0.3 is 0 Å². The SMILES string of the molecule is CC1(C)OC(C=O)C(C)(C)O1. The number of carbonyl (C=O) groups is 1. The number of rotatable bonds is 1. The van der Waals surface area contributed by atoms with Crippen molar-refractivity contribution in [3.8, 4) is 0 Å². The van der Waals surface area contributed by atoms with Crippen LogP contribution in [0.1, 0.15) is 27.7 Å². The van der Waals surface area contributed by atoms with Crippen LogP contribution in [0.4, 0.5) is 0 Å². The van der Waals surface area contributed by atoms with E-state index in [2.05, 4.69) is 0 Å². The van der Waals surface area contributed by atoms with E-state index in [1.807, 2.05) is 13.8 Å². The van der Waals surface area contributed by atoms with E-state index in [-0.39, 0.29) is 0 Å². The minimum Gasteiger partial charge on any atom is -0.341 e. The lowest BCUT2D eigenvalue weighted by atomic mass is 10.0. The van der Waals surface area contributed by atoms with Gasteiger partial charge in [0.2, 0.25) is 0 Å². The van der Waals surface area contributed by atoms with Gasteiger partial charge in [-0.25, -0.2) is 0 Å². The normalized spacial score (nSPS) is 33.6. The topological polar surface area (TPSA) is 35.5 Å². The lowest BCUT2D eigenvalue weighted by Gasteiger charge is -2.21. The molecule has 0 amide bonds. The summed E-state index contributed by atoms with van der Waals surface area (Å²) in [7, 11) is 0. The third kappa shape index (κ3) is 1.60. The van der Waals surface area contributed by atoms with Crippen LogP contribution in [0.25, 0.3) is 0 Å². The molecule has 64 valence electrons. The Labute approximate surface area is 66.7 Å². The first-order chi connectivity index (χ1) is 4.87. The average Bonchev–Trinajstić information content (AvgIpc) is 1.99. The molecule has 1 unspecified atom stereocenters. The summed E-state index contributed by atoms with van der Waals surface area (Å²) in [5.41, 5.74) is -0.495. The van der Waals surface area contributed by atoms with Crippen LogP contribution < -0.4 is 0 Å². The maximum Gasteiger partial charge on any atom is 0.164 e. The smallest absolute Gasteiger partial charge is 0.164 e. The monoisotopic (exact) mass is 158 g/mol. The van der Waals surface area contributed by atoms with Gasteiger partial charge in [-0.05, 0) is 27.7 Å². The Hall–Kier alpha value is -0.410. The summed E-state index contributed by atoms with van der Waals surface area (Å²) in [4.78, 5) is 10.5. The second-order valence-corrected chi connectivity index (χ2v) is 3.78. The fourth-order valence-corrected chi connectivity index (χ4v) is 1.35. The fourth-order valence-electron chi connectivity index (χ4n) is 1.35. The molecule has 0 saturated carbocycles. The zero-order valence-electron chi connectivity index (χ0n) is 7.38. The molecule has 1 aliphatic rings. The van der Waals surface area contributed by atoms with E-state index in [9.17, 15) is 4.79 Å². The maximum atomic E-state index is 10.5. The van der Waals surface area contributed by atoms with Crippen molar-refractivity contribution >= 4 is 6.29 Å². The molecule has 0 N–H and O–H groups in total. The van der Waals surface area contributed by atoms with Crippen LogP contribution >= 0.6 is 0 Å². The Morgan fingerprint density at radius 2 is 1.82 bits per heavy atom. The van der Waals surface area contributed by atoms with Crippen LogP contribution in [0, 0.1) is 0 Å². The standard InChI is InChI=1S/C8H14O3/c1-7(2)6(5-9)10-8(3,4)11-7/h5-6H,1-4H3. The van der Waals surface area contributed by atoms with Gasteiger partial charge in [-0.2, -0.15) is 0 Å². The second kappa shape index (κ2) is 2.29. The van der Waals surface area contributed by atoms with Crippen LogP contribution in [0.15, 0.2) is 0 Å². The molecule has 1 saturated heterocycles. The predicted octanol–water partition coefficient (Wildman–Crippen LogP) is 1.12. The highest BCUT2D eigenvalue weighted by Gasteiger charge is 2.46. The number of hydrogen-bond donors (Lipinski definition) is 0. The van der Waals surface area contributed by atoms with Crippen molar-refractivity contribution in [1.82, 2.24) is 0 Å². The van der Waals surface area contributed by atoms with Gasteiger partial charge in [-0.15, -0.1) is 0 Å². The van der Waals surface area contributed by atoms with Gasteiger partial charge in [-0.3, -0.25) is 0 Å². The van der Waals surface area contributed by atoms with E-state index in [1.54, 1.807) is 13.8 Å². The second-order valence-electron chi connectivity index (χ2n) is 3.78. The summed E-state index contributed by atoms with van der Waals surface area (Å²) in [6.45, 7) is 7.30. The summed E-state index contributed by atoms with van der Waals surface area (Å²) in [5.74, 6) is -0.630. The van der Waals surface area contributed by atoms with Crippen molar-refractivity contribution in [1.29, 1.82) is 0 Å². The van der Waals surface area contributed by atoms with Crippen LogP contribution in [0.2, 0.25) is 0 Å². The lowest BCUT2D eigenvalue weighted by molar-refractivity contribution is -0.158. The molecule has 11 heavy (non-hydrogen) atoms. The van der Waals surface area contributed by atoms with Crippen molar-refractivity contribution in [3.63, 3.8) is 0 Å². The van der Waals surface area contributed by atoms with Gasteiger partial charge in [0.1, 0.15) is 6.10 Å². The minimum atomic E-state index is -0.630. The molecule has 1 heterocycles. The van der Waals surface area contributed by atoms with Gasteiger partial charge in [0.25, 0.3) is 0 Å². The molecule has 3 heteroatoms. The lowest BCUT2D eigenvalue weighted by Crippen LogP contribution is -2.34. The molecule has 0 aromatic heterocycles.